The van der Waals surface area contributed by atoms with Gasteiger partial charge in [0.1, 0.15) is 0 Å². The van der Waals surface area contributed by atoms with E-state index in [1.54, 1.807) is 6.20 Å². The number of aromatic nitrogens is 1. The molecular formula is C11H16N2O2. The maximum Gasteiger partial charge on any atom is 0.317 e. The molecule has 0 aromatic carbocycles. The first-order valence-electron chi connectivity index (χ1n) is 4.86. The number of pyridine rings is 1. The summed E-state index contributed by atoms with van der Waals surface area (Å²) >= 11 is 0. The topological polar surface area (TPSA) is 62.2 Å². The van der Waals surface area contributed by atoms with Crippen LogP contribution >= 0.6 is 0 Å². The van der Waals surface area contributed by atoms with Crippen LogP contribution in [0.25, 0.3) is 0 Å². The van der Waals surface area contributed by atoms with Crippen molar-refractivity contribution in [3.05, 3.63) is 30.1 Å². The number of carboxylic acids is 1. The molecule has 4 nitrogen and oxygen atoms in total. The molecule has 0 aliphatic carbocycles. The van der Waals surface area contributed by atoms with Crippen LogP contribution in [-0.4, -0.2) is 29.1 Å². The van der Waals surface area contributed by atoms with E-state index in [2.05, 4.69) is 10.3 Å². The van der Waals surface area contributed by atoms with Crippen molar-refractivity contribution in [3.63, 3.8) is 0 Å². The van der Waals surface area contributed by atoms with Crippen molar-refractivity contribution >= 4 is 5.97 Å². The summed E-state index contributed by atoms with van der Waals surface area (Å²) in [7, 11) is 0. The van der Waals surface area contributed by atoms with Crippen molar-refractivity contribution in [3.8, 4) is 0 Å². The van der Waals surface area contributed by atoms with Crippen LogP contribution < -0.4 is 5.32 Å². The minimum Gasteiger partial charge on any atom is -0.480 e. The van der Waals surface area contributed by atoms with E-state index in [1.165, 1.54) is 0 Å². The van der Waals surface area contributed by atoms with Crippen LogP contribution in [0.3, 0.4) is 0 Å². The highest BCUT2D eigenvalue weighted by Crippen LogP contribution is 2.19. The number of nitrogens with one attached hydrogen (secondary N) is 1. The largest absolute Gasteiger partial charge is 0.480 e. The van der Waals surface area contributed by atoms with Crippen molar-refractivity contribution in [1.82, 2.24) is 10.3 Å². The second-order valence-corrected chi connectivity index (χ2v) is 4.10. The summed E-state index contributed by atoms with van der Waals surface area (Å²) in [5, 5.41) is 11.4. The lowest BCUT2D eigenvalue weighted by Crippen LogP contribution is -2.36. The second-order valence-electron chi connectivity index (χ2n) is 4.10. The average Bonchev–Trinajstić information content (AvgIpc) is 2.18. The minimum atomic E-state index is -0.841. The number of carboxylic acid groups (broad SMARTS) is 1. The number of rotatable bonds is 5. The molecule has 1 rings (SSSR count). The molecule has 1 aromatic rings. The van der Waals surface area contributed by atoms with Crippen molar-refractivity contribution in [1.29, 1.82) is 0 Å². The zero-order chi connectivity index (χ0) is 11.3. The molecule has 1 aromatic heterocycles. The van der Waals surface area contributed by atoms with Gasteiger partial charge in [0, 0.05) is 23.9 Å². The summed E-state index contributed by atoms with van der Waals surface area (Å²) in [5.41, 5.74) is 0.805. The van der Waals surface area contributed by atoms with Crippen LogP contribution in [0.15, 0.2) is 24.4 Å². The molecule has 0 aliphatic rings. The molecule has 0 atom stereocenters. The van der Waals surface area contributed by atoms with Crippen LogP contribution in [0, 0.1) is 0 Å². The number of aliphatic carboxylic acids is 1. The molecular weight excluding hydrogens is 192 g/mol. The minimum absolute atomic E-state index is 0.0176. The first kappa shape index (κ1) is 11.7. The number of nitrogens with zero attached hydrogens (tertiary/aromatic N) is 1. The molecule has 1 heterocycles. The molecule has 0 spiro atoms. The standard InChI is InChI=1S/C11H16N2O2/c1-11(2,8-12-7-10(14)15)9-5-3-4-6-13-9/h3-6,12H,7-8H2,1-2H3,(H,14,15). The van der Waals surface area contributed by atoms with E-state index < -0.39 is 5.97 Å². The predicted octanol–water partition coefficient (Wildman–Crippen LogP) is 1.03. The highest BCUT2D eigenvalue weighted by atomic mass is 16.4. The quantitative estimate of drug-likeness (QED) is 0.758. The Morgan fingerprint density at radius 1 is 1.53 bits per heavy atom. The van der Waals surface area contributed by atoms with Crippen LogP contribution in [0.5, 0.6) is 0 Å². The zero-order valence-electron chi connectivity index (χ0n) is 9.03. The van der Waals surface area contributed by atoms with E-state index in [9.17, 15) is 4.79 Å². The van der Waals surface area contributed by atoms with Gasteiger partial charge >= 0.3 is 5.97 Å². The number of hydrogen-bond acceptors (Lipinski definition) is 3. The Kier molecular flexibility index (Phi) is 3.80. The van der Waals surface area contributed by atoms with E-state index in [0.717, 1.165) is 5.69 Å². The lowest BCUT2D eigenvalue weighted by Gasteiger charge is -2.23. The summed E-state index contributed by atoms with van der Waals surface area (Å²) in [5.74, 6) is -0.841. The Morgan fingerprint density at radius 2 is 2.27 bits per heavy atom. The van der Waals surface area contributed by atoms with E-state index in [-0.39, 0.29) is 12.0 Å². The molecule has 0 bridgehead atoms. The summed E-state index contributed by atoms with van der Waals surface area (Å²) in [6.45, 7) is 4.64. The summed E-state index contributed by atoms with van der Waals surface area (Å²) < 4.78 is 0. The van der Waals surface area contributed by atoms with Gasteiger partial charge in [-0.2, -0.15) is 0 Å². The lowest BCUT2D eigenvalue weighted by atomic mass is 9.89. The monoisotopic (exact) mass is 208 g/mol. The molecule has 0 fully saturated rings. The Morgan fingerprint density at radius 3 is 2.80 bits per heavy atom. The number of hydrogen-bond donors (Lipinski definition) is 2. The molecule has 82 valence electrons. The van der Waals surface area contributed by atoms with Gasteiger partial charge in [0.15, 0.2) is 0 Å². The highest BCUT2D eigenvalue weighted by Gasteiger charge is 2.21. The van der Waals surface area contributed by atoms with E-state index in [1.807, 2.05) is 32.0 Å². The van der Waals surface area contributed by atoms with Gasteiger partial charge in [0.2, 0.25) is 0 Å². The van der Waals surface area contributed by atoms with Gasteiger partial charge in [-0.05, 0) is 12.1 Å². The fourth-order valence-electron chi connectivity index (χ4n) is 1.34. The van der Waals surface area contributed by atoms with Crippen LogP contribution in [0.4, 0.5) is 0 Å². The fraction of sp³-hybridized carbons (Fsp3) is 0.455. The van der Waals surface area contributed by atoms with Gasteiger partial charge in [-0.1, -0.05) is 19.9 Å². The van der Waals surface area contributed by atoms with E-state index >= 15 is 0 Å². The Bertz CT molecular complexity index is 323. The highest BCUT2D eigenvalue weighted by molar-refractivity contribution is 5.69. The molecule has 2 N–H and O–H groups in total. The van der Waals surface area contributed by atoms with Crippen molar-refractivity contribution < 1.29 is 9.90 Å². The normalized spacial score (nSPS) is 11.3. The Labute approximate surface area is 89.3 Å². The number of carbonyl (C=O) groups is 1. The molecule has 15 heavy (non-hydrogen) atoms. The lowest BCUT2D eigenvalue weighted by molar-refractivity contribution is -0.136. The molecule has 0 radical (unpaired) electrons. The first-order chi connectivity index (χ1) is 7.02. The molecule has 0 aliphatic heterocycles. The van der Waals surface area contributed by atoms with Gasteiger partial charge in [-0.25, -0.2) is 0 Å². The smallest absolute Gasteiger partial charge is 0.317 e. The van der Waals surface area contributed by atoms with E-state index in [0.29, 0.717) is 6.54 Å². The van der Waals surface area contributed by atoms with E-state index in [4.69, 9.17) is 5.11 Å². The zero-order valence-corrected chi connectivity index (χ0v) is 9.03. The maximum absolute atomic E-state index is 10.3. The van der Waals surface area contributed by atoms with Gasteiger partial charge in [0.05, 0.1) is 6.54 Å². The van der Waals surface area contributed by atoms with Gasteiger partial charge in [0.25, 0.3) is 0 Å². The SMILES string of the molecule is CC(C)(CNCC(=O)O)c1ccccn1. The fourth-order valence-corrected chi connectivity index (χ4v) is 1.34. The van der Waals surface area contributed by atoms with Crippen LogP contribution in [-0.2, 0) is 10.2 Å². The molecule has 4 heteroatoms. The predicted molar refractivity (Wildman–Crippen MR) is 57.8 cm³/mol. The van der Waals surface area contributed by atoms with Gasteiger partial charge in [-0.15, -0.1) is 0 Å². The van der Waals surface area contributed by atoms with Gasteiger partial charge in [-0.3, -0.25) is 9.78 Å². The van der Waals surface area contributed by atoms with Crippen LogP contribution in [0.2, 0.25) is 0 Å². The third kappa shape index (κ3) is 3.67. The summed E-state index contributed by atoms with van der Waals surface area (Å²) in [6.07, 6.45) is 1.74. The first-order valence-corrected chi connectivity index (χ1v) is 4.86. The third-order valence-corrected chi connectivity index (χ3v) is 2.20. The average molecular weight is 208 g/mol. The van der Waals surface area contributed by atoms with Gasteiger partial charge < -0.3 is 10.4 Å². The van der Waals surface area contributed by atoms with Crippen molar-refractivity contribution in [2.45, 2.75) is 19.3 Å². The molecule has 0 saturated carbocycles. The summed E-state index contributed by atoms with van der Waals surface area (Å²) in [4.78, 5) is 14.6. The maximum atomic E-state index is 10.3. The Hall–Kier alpha value is -1.42. The third-order valence-electron chi connectivity index (χ3n) is 2.20. The molecule has 0 unspecified atom stereocenters. The van der Waals surface area contributed by atoms with Crippen LogP contribution in [0.1, 0.15) is 19.5 Å². The second kappa shape index (κ2) is 4.89. The molecule has 0 amide bonds. The molecule has 0 saturated heterocycles. The summed E-state index contributed by atoms with van der Waals surface area (Å²) in [6, 6.07) is 5.74. The van der Waals surface area contributed by atoms with Crippen molar-refractivity contribution in [2.75, 3.05) is 13.1 Å². The Balaban J connectivity index is 2.56. The van der Waals surface area contributed by atoms with Crippen molar-refractivity contribution in [2.24, 2.45) is 0 Å².